The van der Waals surface area contributed by atoms with Crippen LogP contribution in [-0.2, 0) is 31.9 Å². The van der Waals surface area contributed by atoms with Gasteiger partial charge in [0.25, 0.3) is 0 Å². The molecule has 0 radical (unpaired) electrons. The van der Waals surface area contributed by atoms with Crippen molar-refractivity contribution in [2.45, 2.75) is 73.1 Å². The van der Waals surface area contributed by atoms with Crippen molar-refractivity contribution in [3.63, 3.8) is 0 Å². The van der Waals surface area contributed by atoms with Crippen LogP contribution in [0.3, 0.4) is 0 Å². The van der Waals surface area contributed by atoms with Gasteiger partial charge in [-0.3, -0.25) is 0 Å². The zero-order valence-electron chi connectivity index (χ0n) is 30.6. The molecule has 1 aliphatic rings. The first-order valence-electron chi connectivity index (χ1n) is 17.3. The SMILES string of the molecule is Cc1cc(C)c(N2c3ccc(-c4cc(C(C)(C)C)ccn4)[c-]c3B(c3[c-]c(-c4cc(C(C)(C)C)ccn4)ccc3)c3ccccc32)c(C)c1.[Pt+2]. The van der Waals surface area contributed by atoms with Gasteiger partial charge in [0.15, 0.2) is 0 Å². The summed E-state index contributed by atoms with van der Waals surface area (Å²) in [6, 6.07) is 40.8. The van der Waals surface area contributed by atoms with Crippen LogP contribution in [0, 0.1) is 32.9 Å². The first kappa shape index (κ1) is 35.6. The number of rotatable bonds is 4. The van der Waals surface area contributed by atoms with Crippen molar-refractivity contribution in [1.82, 2.24) is 9.97 Å². The Morgan fingerprint density at radius 2 is 1.18 bits per heavy atom. The average Bonchev–Trinajstić information content (AvgIpc) is 3.07. The Bertz CT molecular complexity index is 2190. The Hall–Kier alpha value is -4.27. The van der Waals surface area contributed by atoms with Crippen molar-refractivity contribution < 1.29 is 21.1 Å². The molecule has 6 aromatic rings. The van der Waals surface area contributed by atoms with Gasteiger partial charge in [-0.2, -0.15) is 5.46 Å². The molecule has 0 amide bonds. The van der Waals surface area contributed by atoms with Gasteiger partial charge < -0.3 is 14.9 Å². The molecule has 0 atom stereocenters. The number of pyridine rings is 2. The second kappa shape index (κ2) is 13.5. The Morgan fingerprint density at radius 3 is 1.78 bits per heavy atom. The number of hydrogen-bond donors (Lipinski definition) is 0. The van der Waals surface area contributed by atoms with Gasteiger partial charge in [0.2, 0.25) is 6.71 Å². The fourth-order valence-corrected chi connectivity index (χ4v) is 7.27. The molecule has 4 aromatic carbocycles. The molecule has 0 N–H and O–H groups in total. The van der Waals surface area contributed by atoms with Crippen LogP contribution >= 0.6 is 0 Å². The van der Waals surface area contributed by atoms with E-state index < -0.39 is 0 Å². The Kier molecular flexibility index (Phi) is 9.57. The molecule has 0 spiro atoms. The molecule has 2 aromatic heterocycles. The van der Waals surface area contributed by atoms with E-state index in [0.29, 0.717) is 0 Å². The number of para-hydroxylation sites is 1. The molecule has 0 aliphatic carbocycles. The van der Waals surface area contributed by atoms with Gasteiger partial charge in [-0.1, -0.05) is 89.6 Å². The predicted octanol–water partition coefficient (Wildman–Crippen LogP) is 9.23. The first-order chi connectivity index (χ1) is 23.3. The van der Waals surface area contributed by atoms with Crippen LogP contribution in [0.25, 0.3) is 22.5 Å². The van der Waals surface area contributed by atoms with Gasteiger partial charge >= 0.3 is 21.1 Å². The van der Waals surface area contributed by atoms with E-state index in [2.05, 4.69) is 170 Å². The molecule has 0 saturated carbocycles. The summed E-state index contributed by atoms with van der Waals surface area (Å²) in [5.41, 5.74) is 17.1. The monoisotopic (exact) mass is 832 g/mol. The summed E-state index contributed by atoms with van der Waals surface area (Å²) in [7, 11) is 0. The largest absolute Gasteiger partial charge is 2.00 e. The van der Waals surface area contributed by atoms with Crippen molar-refractivity contribution in [2.75, 3.05) is 4.90 Å². The molecule has 252 valence electrons. The molecular formula is C45H44BN3Pt. The number of aromatic nitrogens is 2. The minimum atomic E-state index is -0.0926. The van der Waals surface area contributed by atoms with Gasteiger partial charge in [-0.05, 0) is 94.6 Å². The summed E-state index contributed by atoms with van der Waals surface area (Å²) in [4.78, 5) is 12.1. The maximum absolute atomic E-state index is 4.85. The van der Waals surface area contributed by atoms with E-state index in [9.17, 15) is 0 Å². The molecule has 50 heavy (non-hydrogen) atoms. The van der Waals surface area contributed by atoms with Crippen molar-refractivity contribution in [3.8, 4) is 22.5 Å². The number of fused-ring (bicyclic) bond motifs is 2. The normalized spacial score (nSPS) is 12.7. The molecule has 3 nitrogen and oxygen atoms in total. The van der Waals surface area contributed by atoms with Gasteiger partial charge in [0, 0.05) is 23.8 Å². The summed E-state index contributed by atoms with van der Waals surface area (Å²) in [5.74, 6) is 0. The number of nitrogens with zero attached hydrogens (tertiary/aromatic N) is 3. The van der Waals surface area contributed by atoms with E-state index in [1.54, 1.807) is 0 Å². The van der Waals surface area contributed by atoms with Gasteiger partial charge in [-0.25, -0.2) is 0 Å². The smallest absolute Gasteiger partial charge is 0.352 e. The van der Waals surface area contributed by atoms with Crippen molar-refractivity contribution >= 4 is 40.2 Å². The van der Waals surface area contributed by atoms with Gasteiger partial charge in [0.1, 0.15) is 0 Å². The minimum Gasteiger partial charge on any atom is -0.352 e. The Balaban J connectivity index is 0.00000432. The number of hydrogen-bond acceptors (Lipinski definition) is 3. The zero-order chi connectivity index (χ0) is 34.7. The fourth-order valence-electron chi connectivity index (χ4n) is 7.27. The zero-order valence-corrected chi connectivity index (χ0v) is 32.8. The first-order valence-corrected chi connectivity index (χ1v) is 17.3. The van der Waals surface area contributed by atoms with Crippen LogP contribution < -0.4 is 21.3 Å². The van der Waals surface area contributed by atoms with Crippen LogP contribution in [0.5, 0.6) is 0 Å². The molecule has 1 aliphatic heterocycles. The third kappa shape index (κ3) is 6.63. The van der Waals surface area contributed by atoms with Crippen LogP contribution in [-0.4, -0.2) is 16.7 Å². The molecule has 0 bridgehead atoms. The van der Waals surface area contributed by atoms with Crippen molar-refractivity contribution in [1.29, 1.82) is 0 Å². The minimum absolute atomic E-state index is 0. The van der Waals surface area contributed by atoms with Crippen molar-refractivity contribution in [2.24, 2.45) is 0 Å². The summed E-state index contributed by atoms with van der Waals surface area (Å²) in [5, 5.41) is 0. The maximum atomic E-state index is 4.85. The standard InChI is InChI=1S/C45H44BN3.Pt/c1-29-23-30(2)43(31(3)24-29)49-41-16-11-10-15-37(41)46(36-14-12-13-32(25-36)39-27-34(19-21-47-39)44(4,5)6)38-26-33(17-18-42(38)49)40-28-35(20-22-48-40)45(7,8)9;/h10-24,27-28H,1-9H3;/q-2;+2. The summed E-state index contributed by atoms with van der Waals surface area (Å²) >= 11 is 0. The fraction of sp³-hybridized carbons (Fsp3) is 0.244. The second-order valence-electron chi connectivity index (χ2n) is 15.6. The van der Waals surface area contributed by atoms with Crippen molar-refractivity contribution in [3.05, 3.63) is 143 Å². The second-order valence-corrected chi connectivity index (χ2v) is 15.6. The summed E-state index contributed by atoms with van der Waals surface area (Å²) in [6.45, 7) is 20.0. The third-order valence-corrected chi connectivity index (χ3v) is 9.76. The quantitative estimate of drug-likeness (QED) is 0.131. The van der Waals surface area contributed by atoms with E-state index in [0.717, 1.165) is 39.1 Å². The van der Waals surface area contributed by atoms with Crippen LogP contribution in [0.4, 0.5) is 17.1 Å². The molecule has 3 heterocycles. The maximum Gasteiger partial charge on any atom is 2.00 e. The van der Waals surface area contributed by atoms with E-state index in [-0.39, 0.29) is 38.6 Å². The molecule has 0 saturated heterocycles. The summed E-state index contributed by atoms with van der Waals surface area (Å²) in [6.07, 6.45) is 3.85. The summed E-state index contributed by atoms with van der Waals surface area (Å²) < 4.78 is 0. The molecular weight excluding hydrogens is 788 g/mol. The number of aryl methyl sites for hydroxylation is 3. The number of anilines is 3. The molecule has 5 heteroatoms. The van der Waals surface area contributed by atoms with E-state index in [4.69, 9.17) is 9.97 Å². The van der Waals surface area contributed by atoms with Crippen LogP contribution in [0.1, 0.15) is 69.4 Å². The molecule has 7 rings (SSSR count). The van der Waals surface area contributed by atoms with Crippen LogP contribution in [0.15, 0.2) is 103 Å². The molecule has 0 unspecified atom stereocenters. The molecule has 0 fully saturated rings. The Morgan fingerprint density at radius 1 is 0.600 bits per heavy atom. The van der Waals surface area contributed by atoms with E-state index in [1.807, 2.05) is 12.4 Å². The van der Waals surface area contributed by atoms with Crippen LogP contribution in [0.2, 0.25) is 0 Å². The topological polar surface area (TPSA) is 29.0 Å². The number of benzene rings is 4. The predicted molar refractivity (Wildman–Crippen MR) is 208 cm³/mol. The van der Waals surface area contributed by atoms with Gasteiger partial charge in [-0.15, -0.1) is 59.1 Å². The average molecular weight is 833 g/mol. The van der Waals surface area contributed by atoms with Gasteiger partial charge in [0.05, 0.1) is 0 Å². The van der Waals surface area contributed by atoms with E-state index >= 15 is 0 Å². The van der Waals surface area contributed by atoms with E-state index in [1.165, 1.54) is 44.7 Å². The third-order valence-electron chi connectivity index (χ3n) is 9.76. The Labute approximate surface area is 313 Å².